The number of benzene rings is 2. The Morgan fingerprint density at radius 3 is 2.18 bits per heavy atom. The van der Waals surface area contributed by atoms with E-state index in [-0.39, 0.29) is 11.8 Å². The molecule has 0 aliphatic heterocycles. The summed E-state index contributed by atoms with van der Waals surface area (Å²) in [5, 5.41) is 4.06. The van der Waals surface area contributed by atoms with Crippen molar-refractivity contribution in [1.82, 2.24) is 5.43 Å². The molecule has 0 saturated heterocycles. The normalized spacial score (nSPS) is 12.5. The minimum Gasteiger partial charge on any atom is -0.267 e. The van der Waals surface area contributed by atoms with Crippen molar-refractivity contribution in [2.45, 2.75) is 32.6 Å². The van der Waals surface area contributed by atoms with Gasteiger partial charge in [-0.15, -0.1) is 0 Å². The van der Waals surface area contributed by atoms with Gasteiger partial charge < -0.3 is 0 Å². The summed E-state index contributed by atoms with van der Waals surface area (Å²) in [6, 6.07) is 17.7. The van der Waals surface area contributed by atoms with Gasteiger partial charge in [0.1, 0.15) is 0 Å². The molecule has 2 aromatic rings. The summed E-state index contributed by atoms with van der Waals surface area (Å²) < 4.78 is 0. The van der Waals surface area contributed by atoms with Crippen LogP contribution in [-0.4, -0.2) is 12.1 Å². The zero-order valence-electron chi connectivity index (χ0n) is 13.3. The first kappa shape index (κ1) is 16.0. The molecule has 2 aromatic carbocycles. The lowest BCUT2D eigenvalue weighted by Crippen LogP contribution is -2.18. The van der Waals surface area contributed by atoms with Gasteiger partial charge in [0.15, 0.2) is 0 Å². The SMILES string of the molecule is CC(C)c1ccc(C(=O)NN=CC(C)c2ccccc2)cc1. The molecular formula is C19H22N2O. The Kier molecular flexibility index (Phi) is 5.48. The monoisotopic (exact) mass is 294 g/mol. The third-order valence-electron chi connectivity index (χ3n) is 3.63. The van der Waals surface area contributed by atoms with Gasteiger partial charge >= 0.3 is 0 Å². The van der Waals surface area contributed by atoms with Crippen molar-refractivity contribution in [3.05, 3.63) is 71.3 Å². The van der Waals surface area contributed by atoms with Gasteiger partial charge in [0.25, 0.3) is 5.91 Å². The molecule has 0 radical (unpaired) electrons. The van der Waals surface area contributed by atoms with Crippen molar-refractivity contribution in [3.8, 4) is 0 Å². The quantitative estimate of drug-likeness (QED) is 0.647. The molecular weight excluding hydrogens is 272 g/mol. The van der Waals surface area contributed by atoms with Crippen LogP contribution < -0.4 is 5.43 Å². The minimum atomic E-state index is -0.188. The fraction of sp³-hybridized carbons (Fsp3) is 0.263. The summed E-state index contributed by atoms with van der Waals surface area (Å²) in [6.07, 6.45) is 1.75. The number of carbonyl (C=O) groups excluding carboxylic acids is 1. The van der Waals surface area contributed by atoms with E-state index in [1.807, 2.05) is 61.5 Å². The maximum Gasteiger partial charge on any atom is 0.271 e. The highest BCUT2D eigenvalue weighted by Gasteiger charge is 2.06. The molecule has 1 unspecified atom stereocenters. The van der Waals surface area contributed by atoms with Gasteiger partial charge in [-0.25, -0.2) is 5.43 Å². The highest BCUT2D eigenvalue weighted by atomic mass is 16.2. The molecule has 2 rings (SSSR count). The summed E-state index contributed by atoms with van der Waals surface area (Å²) in [5.41, 5.74) is 5.59. The Morgan fingerprint density at radius 1 is 0.955 bits per heavy atom. The fourth-order valence-corrected chi connectivity index (χ4v) is 2.13. The molecule has 3 heteroatoms. The van der Waals surface area contributed by atoms with Gasteiger partial charge in [0.2, 0.25) is 0 Å². The molecule has 0 aliphatic carbocycles. The molecule has 0 fully saturated rings. The number of hydrogen-bond acceptors (Lipinski definition) is 2. The third-order valence-corrected chi connectivity index (χ3v) is 3.63. The van der Waals surface area contributed by atoms with Gasteiger partial charge in [-0.2, -0.15) is 5.10 Å². The summed E-state index contributed by atoms with van der Waals surface area (Å²) in [5.74, 6) is 0.429. The van der Waals surface area contributed by atoms with E-state index in [4.69, 9.17) is 0 Å². The van der Waals surface area contributed by atoms with E-state index in [0.717, 1.165) is 0 Å². The first-order chi connectivity index (χ1) is 10.6. The van der Waals surface area contributed by atoms with Gasteiger partial charge in [-0.1, -0.05) is 63.2 Å². The lowest BCUT2D eigenvalue weighted by atomic mass is 10.0. The van der Waals surface area contributed by atoms with Crippen LogP contribution in [0.25, 0.3) is 0 Å². The molecule has 1 atom stereocenters. The maximum absolute atomic E-state index is 12.0. The topological polar surface area (TPSA) is 41.5 Å². The molecule has 0 bridgehead atoms. The van der Waals surface area contributed by atoms with E-state index in [2.05, 4.69) is 24.4 Å². The van der Waals surface area contributed by atoms with Crippen LogP contribution in [0.1, 0.15) is 54.1 Å². The van der Waals surface area contributed by atoms with Crippen LogP contribution in [0, 0.1) is 0 Å². The molecule has 1 amide bonds. The second-order valence-electron chi connectivity index (χ2n) is 5.70. The zero-order valence-corrected chi connectivity index (χ0v) is 13.3. The number of nitrogens with zero attached hydrogens (tertiary/aromatic N) is 1. The second-order valence-corrected chi connectivity index (χ2v) is 5.70. The molecule has 114 valence electrons. The van der Waals surface area contributed by atoms with Crippen molar-refractivity contribution >= 4 is 12.1 Å². The van der Waals surface area contributed by atoms with E-state index >= 15 is 0 Å². The summed E-state index contributed by atoms with van der Waals surface area (Å²) in [7, 11) is 0. The van der Waals surface area contributed by atoms with Gasteiger partial charge in [-0.05, 0) is 29.2 Å². The van der Waals surface area contributed by atoms with Crippen LogP contribution in [-0.2, 0) is 0 Å². The van der Waals surface area contributed by atoms with Crippen LogP contribution in [0.3, 0.4) is 0 Å². The van der Waals surface area contributed by atoms with Crippen molar-refractivity contribution in [2.75, 3.05) is 0 Å². The number of carbonyl (C=O) groups is 1. The van der Waals surface area contributed by atoms with Crippen molar-refractivity contribution < 1.29 is 4.79 Å². The fourth-order valence-electron chi connectivity index (χ4n) is 2.13. The Bertz CT molecular complexity index is 630. The highest BCUT2D eigenvalue weighted by molar-refractivity contribution is 5.94. The standard InChI is InChI=1S/C19H22N2O/c1-14(2)16-9-11-18(12-10-16)19(22)21-20-13-15(3)17-7-5-4-6-8-17/h4-15H,1-3H3,(H,21,22). The lowest BCUT2D eigenvalue weighted by molar-refractivity contribution is 0.0955. The Balaban J connectivity index is 1.93. The predicted octanol–water partition coefficient (Wildman–Crippen LogP) is 4.33. The van der Waals surface area contributed by atoms with Crippen molar-refractivity contribution in [2.24, 2.45) is 5.10 Å². The van der Waals surface area contributed by atoms with Crippen LogP contribution in [0.2, 0.25) is 0 Å². The van der Waals surface area contributed by atoms with Crippen LogP contribution >= 0.6 is 0 Å². The summed E-state index contributed by atoms with van der Waals surface area (Å²) >= 11 is 0. The van der Waals surface area contributed by atoms with E-state index in [1.54, 1.807) is 6.21 Å². The summed E-state index contributed by atoms with van der Waals surface area (Å²) in [4.78, 5) is 12.0. The smallest absolute Gasteiger partial charge is 0.267 e. The van der Waals surface area contributed by atoms with Crippen LogP contribution in [0.15, 0.2) is 59.7 Å². The number of hydrazone groups is 1. The van der Waals surface area contributed by atoms with Crippen LogP contribution in [0.4, 0.5) is 0 Å². The van der Waals surface area contributed by atoms with E-state index in [9.17, 15) is 4.79 Å². The minimum absolute atomic E-state index is 0.157. The van der Waals surface area contributed by atoms with Crippen LogP contribution in [0.5, 0.6) is 0 Å². The highest BCUT2D eigenvalue weighted by Crippen LogP contribution is 2.15. The first-order valence-corrected chi connectivity index (χ1v) is 7.56. The first-order valence-electron chi connectivity index (χ1n) is 7.56. The number of hydrogen-bond donors (Lipinski definition) is 1. The largest absolute Gasteiger partial charge is 0.271 e. The summed E-state index contributed by atoms with van der Waals surface area (Å²) in [6.45, 7) is 6.30. The molecule has 0 aromatic heterocycles. The van der Waals surface area contributed by atoms with Gasteiger partial charge in [-0.3, -0.25) is 4.79 Å². The van der Waals surface area contributed by atoms with Crippen molar-refractivity contribution in [3.63, 3.8) is 0 Å². The van der Waals surface area contributed by atoms with E-state index in [0.29, 0.717) is 11.5 Å². The second kappa shape index (κ2) is 7.55. The van der Waals surface area contributed by atoms with Gasteiger partial charge in [0, 0.05) is 17.7 Å². The maximum atomic E-state index is 12.0. The molecule has 0 heterocycles. The third kappa shape index (κ3) is 4.29. The number of nitrogens with one attached hydrogen (secondary N) is 1. The molecule has 0 aliphatic rings. The average molecular weight is 294 g/mol. The Hall–Kier alpha value is -2.42. The van der Waals surface area contributed by atoms with Gasteiger partial charge in [0.05, 0.1) is 0 Å². The molecule has 1 N–H and O–H groups in total. The van der Waals surface area contributed by atoms with E-state index < -0.39 is 0 Å². The molecule has 0 spiro atoms. The predicted molar refractivity (Wildman–Crippen MR) is 91.3 cm³/mol. The average Bonchev–Trinajstić information content (AvgIpc) is 2.55. The Morgan fingerprint density at radius 2 is 1.59 bits per heavy atom. The molecule has 3 nitrogen and oxygen atoms in total. The Labute approximate surface area is 132 Å². The number of rotatable bonds is 5. The van der Waals surface area contributed by atoms with Crippen molar-refractivity contribution in [1.29, 1.82) is 0 Å². The number of amides is 1. The lowest BCUT2D eigenvalue weighted by Gasteiger charge is -2.07. The van der Waals surface area contributed by atoms with E-state index in [1.165, 1.54) is 11.1 Å². The zero-order chi connectivity index (χ0) is 15.9. The molecule has 22 heavy (non-hydrogen) atoms. The molecule has 0 saturated carbocycles.